The fourth-order valence-corrected chi connectivity index (χ4v) is 3.75. The summed E-state index contributed by atoms with van der Waals surface area (Å²) in [5.41, 5.74) is 2.43. The molecule has 0 unspecified atom stereocenters. The minimum atomic E-state index is -0.339. The maximum Gasteiger partial charge on any atom is 0.291 e. The Hall–Kier alpha value is -3.82. The van der Waals surface area contributed by atoms with Crippen LogP contribution in [0.1, 0.15) is 29.7 Å². The molecule has 158 valence electrons. The second-order valence-electron chi connectivity index (χ2n) is 7.46. The van der Waals surface area contributed by atoms with Gasteiger partial charge in [0.15, 0.2) is 11.5 Å². The molecule has 4 heterocycles. The quantitative estimate of drug-likeness (QED) is 0.531. The first kappa shape index (κ1) is 19.2. The van der Waals surface area contributed by atoms with Gasteiger partial charge in [0.05, 0.1) is 11.4 Å². The van der Waals surface area contributed by atoms with Gasteiger partial charge in [-0.2, -0.15) is 0 Å². The van der Waals surface area contributed by atoms with E-state index in [4.69, 9.17) is 4.98 Å². The van der Waals surface area contributed by atoms with E-state index in [2.05, 4.69) is 32.2 Å². The van der Waals surface area contributed by atoms with Crippen molar-refractivity contribution in [3.8, 4) is 5.69 Å². The zero-order valence-electron chi connectivity index (χ0n) is 16.9. The molecule has 31 heavy (non-hydrogen) atoms. The van der Waals surface area contributed by atoms with Gasteiger partial charge in [0.25, 0.3) is 5.91 Å². The van der Waals surface area contributed by atoms with Gasteiger partial charge in [-0.05, 0) is 37.1 Å². The van der Waals surface area contributed by atoms with Crippen LogP contribution in [-0.4, -0.2) is 54.2 Å². The van der Waals surface area contributed by atoms with Crippen molar-refractivity contribution in [3.05, 3.63) is 66.5 Å². The van der Waals surface area contributed by atoms with Crippen LogP contribution in [0.15, 0.2) is 49.2 Å². The molecule has 1 fully saturated rings. The minimum Gasteiger partial charge on any atom is -0.351 e. The van der Waals surface area contributed by atoms with Gasteiger partial charge in [-0.1, -0.05) is 6.92 Å². The number of benzene rings is 1. The number of carbonyl (C=O) groups is 1. The van der Waals surface area contributed by atoms with Crippen LogP contribution in [0, 0.1) is 5.82 Å². The Morgan fingerprint density at radius 2 is 2.10 bits per heavy atom. The van der Waals surface area contributed by atoms with Crippen LogP contribution in [-0.2, 0) is 6.42 Å². The molecule has 0 spiro atoms. The lowest BCUT2D eigenvalue weighted by Gasteiger charge is -2.19. The zero-order chi connectivity index (χ0) is 21.4. The third-order valence-corrected chi connectivity index (χ3v) is 5.38. The number of fused-ring (bicyclic) bond motifs is 1. The SMILES string of the molecule is CCc1cn2ccnc2c(N2CC[C@H](NC(=O)c3ncn(-c4ccc(F)cc4)n3)C2)n1. The van der Waals surface area contributed by atoms with E-state index in [1.54, 1.807) is 18.3 Å². The molecule has 10 heteroatoms. The number of rotatable bonds is 5. The summed E-state index contributed by atoms with van der Waals surface area (Å²) in [5.74, 6) is 0.234. The lowest BCUT2D eigenvalue weighted by molar-refractivity contribution is 0.0930. The molecular weight excluding hydrogens is 399 g/mol. The topological polar surface area (TPSA) is 93.2 Å². The number of aryl methyl sites for hydroxylation is 1. The van der Waals surface area contributed by atoms with Crippen LogP contribution in [0.2, 0.25) is 0 Å². The Morgan fingerprint density at radius 1 is 1.26 bits per heavy atom. The Kier molecular flexibility index (Phi) is 4.81. The van der Waals surface area contributed by atoms with E-state index < -0.39 is 0 Å². The van der Waals surface area contributed by atoms with Crippen LogP contribution in [0.25, 0.3) is 11.3 Å². The van der Waals surface area contributed by atoms with Gasteiger partial charge in [-0.3, -0.25) is 4.79 Å². The summed E-state index contributed by atoms with van der Waals surface area (Å²) in [5, 5.41) is 7.22. The third-order valence-electron chi connectivity index (χ3n) is 5.38. The molecule has 0 radical (unpaired) electrons. The molecule has 1 aromatic carbocycles. The number of anilines is 1. The molecule has 9 nitrogen and oxygen atoms in total. The van der Waals surface area contributed by atoms with Gasteiger partial charge in [0, 0.05) is 37.7 Å². The Labute approximate surface area is 177 Å². The largest absolute Gasteiger partial charge is 0.351 e. The number of hydrogen-bond donors (Lipinski definition) is 1. The highest BCUT2D eigenvalue weighted by Crippen LogP contribution is 2.23. The van der Waals surface area contributed by atoms with Gasteiger partial charge < -0.3 is 14.6 Å². The summed E-state index contributed by atoms with van der Waals surface area (Å²) in [6, 6.07) is 5.78. The molecule has 4 aromatic rings. The lowest BCUT2D eigenvalue weighted by Crippen LogP contribution is -2.38. The predicted octanol–water partition coefficient (Wildman–Crippen LogP) is 2.02. The molecule has 3 aromatic heterocycles. The second-order valence-corrected chi connectivity index (χ2v) is 7.46. The second kappa shape index (κ2) is 7.78. The Bertz CT molecular complexity index is 1230. The fourth-order valence-electron chi connectivity index (χ4n) is 3.75. The Morgan fingerprint density at radius 3 is 2.90 bits per heavy atom. The van der Waals surface area contributed by atoms with Gasteiger partial charge in [0.2, 0.25) is 5.82 Å². The summed E-state index contributed by atoms with van der Waals surface area (Å²) < 4.78 is 16.5. The number of hydrogen-bond acceptors (Lipinski definition) is 6. The summed E-state index contributed by atoms with van der Waals surface area (Å²) in [6.45, 7) is 3.47. The summed E-state index contributed by atoms with van der Waals surface area (Å²) in [6.07, 6.45) is 8.73. The Balaban J connectivity index is 1.28. The molecule has 1 saturated heterocycles. The number of nitrogens with one attached hydrogen (secondary N) is 1. The molecule has 0 saturated carbocycles. The number of imidazole rings is 1. The lowest BCUT2D eigenvalue weighted by atomic mass is 10.2. The highest BCUT2D eigenvalue weighted by Gasteiger charge is 2.28. The van der Waals surface area contributed by atoms with Crippen molar-refractivity contribution in [2.75, 3.05) is 18.0 Å². The van der Waals surface area contributed by atoms with E-state index in [0.717, 1.165) is 36.5 Å². The summed E-state index contributed by atoms with van der Waals surface area (Å²) in [7, 11) is 0. The molecule has 1 atom stereocenters. The first-order valence-electron chi connectivity index (χ1n) is 10.2. The molecule has 1 amide bonds. The normalized spacial score (nSPS) is 16.2. The first-order chi connectivity index (χ1) is 15.1. The fraction of sp³-hybridized carbons (Fsp3) is 0.286. The number of carbonyl (C=O) groups excluding carboxylic acids is 1. The van der Waals surface area contributed by atoms with E-state index >= 15 is 0 Å². The average molecular weight is 420 g/mol. The molecule has 5 rings (SSSR count). The maximum absolute atomic E-state index is 13.1. The first-order valence-corrected chi connectivity index (χ1v) is 10.2. The number of halogens is 1. The van der Waals surface area contributed by atoms with Crippen molar-refractivity contribution in [1.29, 1.82) is 0 Å². The van der Waals surface area contributed by atoms with E-state index in [9.17, 15) is 9.18 Å². The highest BCUT2D eigenvalue weighted by atomic mass is 19.1. The summed E-state index contributed by atoms with van der Waals surface area (Å²) in [4.78, 5) is 28.1. The molecular formula is C21H21FN8O. The standard InChI is InChI=1S/C21H21FN8O/c1-2-15-11-29-10-8-23-19(29)20(25-15)28-9-7-16(12-28)26-21(31)18-24-13-30(27-18)17-5-3-14(22)4-6-17/h3-6,8,10-11,13,16H,2,7,9,12H2,1H3,(H,26,31)/t16-/m0/s1. The molecule has 1 aliphatic rings. The number of aromatic nitrogens is 6. The molecule has 0 aliphatic carbocycles. The van der Waals surface area contributed by atoms with Crippen molar-refractivity contribution < 1.29 is 9.18 Å². The van der Waals surface area contributed by atoms with Crippen LogP contribution < -0.4 is 10.2 Å². The van der Waals surface area contributed by atoms with E-state index in [1.165, 1.54) is 23.1 Å². The van der Waals surface area contributed by atoms with Crippen molar-refractivity contribution >= 4 is 17.4 Å². The monoisotopic (exact) mass is 420 g/mol. The van der Waals surface area contributed by atoms with E-state index in [1.807, 2.05) is 16.8 Å². The predicted molar refractivity (Wildman–Crippen MR) is 112 cm³/mol. The average Bonchev–Trinajstić information content (AvgIpc) is 3.54. The molecule has 1 aliphatic heterocycles. The van der Waals surface area contributed by atoms with Gasteiger partial charge in [0.1, 0.15) is 12.1 Å². The van der Waals surface area contributed by atoms with Crippen molar-refractivity contribution in [2.45, 2.75) is 25.8 Å². The van der Waals surface area contributed by atoms with Crippen LogP contribution in [0.4, 0.5) is 10.2 Å². The zero-order valence-corrected chi connectivity index (χ0v) is 16.9. The van der Waals surface area contributed by atoms with Crippen LogP contribution in [0.3, 0.4) is 0 Å². The molecule has 1 N–H and O–H groups in total. The highest BCUT2D eigenvalue weighted by molar-refractivity contribution is 5.90. The van der Waals surface area contributed by atoms with Gasteiger partial charge >= 0.3 is 0 Å². The smallest absolute Gasteiger partial charge is 0.291 e. The van der Waals surface area contributed by atoms with E-state index in [0.29, 0.717) is 12.2 Å². The maximum atomic E-state index is 13.1. The molecule has 0 bridgehead atoms. The van der Waals surface area contributed by atoms with E-state index in [-0.39, 0.29) is 23.6 Å². The number of nitrogens with zero attached hydrogens (tertiary/aromatic N) is 7. The summed E-state index contributed by atoms with van der Waals surface area (Å²) >= 11 is 0. The third kappa shape index (κ3) is 3.72. The van der Waals surface area contributed by atoms with Crippen LogP contribution in [0.5, 0.6) is 0 Å². The van der Waals surface area contributed by atoms with Crippen LogP contribution >= 0.6 is 0 Å². The number of amides is 1. The van der Waals surface area contributed by atoms with Crippen molar-refractivity contribution in [2.24, 2.45) is 0 Å². The van der Waals surface area contributed by atoms with Gasteiger partial charge in [-0.15, -0.1) is 5.10 Å². The van der Waals surface area contributed by atoms with Crippen molar-refractivity contribution in [3.63, 3.8) is 0 Å². The van der Waals surface area contributed by atoms with Crippen molar-refractivity contribution in [1.82, 2.24) is 34.4 Å². The van der Waals surface area contributed by atoms with Gasteiger partial charge in [-0.25, -0.2) is 24.0 Å². The minimum absolute atomic E-state index is 0.0487.